The number of rotatable bonds is 17. The summed E-state index contributed by atoms with van der Waals surface area (Å²) in [6.07, 6.45) is 4.18. The standard InChI is InChI=1S/C32H44N6O6/c1-3-19(2)28(31(42)37-27(32(43)44)16-20-11-13-22(39)14-12-20)38-30(41)26(36-29(40)24(34)9-6-7-15-33)17-21-18-35-25-10-5-4-8-23(21)25/h4-5,8,10-14,18-19,24,26-28,35,39H,3,6-7,9,15-17,33-34H2,1-2H3,(H,36,40)(H,37,42)(H,38,41)(H,43,44). The van der Waals surface area contributed by atoms with Crippen LogP contribution in [0.3, 0.4) is 0 Å². The lowest BCUT2D eigenvalue weighted by atomic mass is 9.96. The third-order valence-electron chi connectivity index (χ3n) is 7.82. The number of phenols is 1. The van der Waals surface area contributed by atoms with E-state index >= 15 is 0 Å². The van der Waals surface area contributed by atoms with Gasteiger partial charge in [-0.2, -0.15) is 0 Å². The first-order valence-corrected chi connectivity index (χ1v) is 15.0. The number of H-pyrrole nitrogens is 1. The van der Waals surface area contributed by atoms with Crippen molar-refractivity contribution in [3.05, 3.63) is 65.9 Å². The van der Waals surface area contributed by atoms with Gasteiger partial charge in [-0.05, 0) is 54.6 Å². The molecule has 44 heavy (non-hydrogen) atoms. The Balaban J connectivity index is 1.81. The molecule has 1 aromatic heterocycles. The number of nitrogens with two attached hydrogens (primary N) is 2. The van der Waals surface area contributed by atoms with Crippen molar-refractivity contribution in [2.45, 2.75) is 76.5 Å². The zero-order chi connectivity index (χ0) is 32.2. The van der Waals surface area contributed by atoms with Gasteiger partial charge in [0.25, 0.3) is 0 Å². The van der Waals surface area contributed by atoms with Crippen LogP contribution in [0.4, 0.5) is 0 Å². The van der Waals surface area contributed by atoms with E-state index in [-0.39, 0.29) is 24.5 Å². The third kappa shape index (κ3) is 9.55. The van der Waals surface area contributed by atoms with Crippen molar-refractivity contribution in [2.75, 3.05) is 6.54 Å². The average Bonchev–Trinajstić information content (AvgIpc) is 3.42. The first-order valence-electron chi connectivity index (χ1n) is 15.0. The zero-order valence-electron chi connectivity index (χ0n) is 25.2. The minimum absolute atomic E-state index is 0.0240. The SMILES string of the molecule is CCC(C)C(NC(=O)C(Cc1c[nH]c2ccccc12)NC(=O)C(N)CCCCN)C(=O)NC(Cc1ccc(O)cc1)C(=O)O. The molecular weight excluding hydrogens is 564 g/mol. The van der Waals surface area contributed by atoms with E-state index < -0.39 is 47.9 Å². The number of aliphatic carboxylic acids is 1. The maximum Gasteiger partial charge on any atom is 0.326 e. The Hall–Kier alpha value is -4.42. The summed E-state index contributed by atoms with van der Waals surface area (Å²) in [5, 5.41) is 28.4. The number of fused-ring (bicyclic) bond motifs is 1. The number of aromatic amines is 1. The molecular formula is C32H44N6O6. The van der Waals surface area contributed by atoms with Gasteiger partial charge in [0.2, 0.25) is 17.7 Å². The van der Waals surface area contributed by atoms with Crippen LogP contribution < -0.4 is 27.4 Å². The molecule has 0 aliphatic rings. The molecule has 238 valence electrons. The van der Waals surface area contributed by atoms with Crippen LogP contribution in [0.15, 0.2) is 54.7 Å². The van der Waals surface area contributed by atoms with E-state index in [1.54, 1.807) is 25.3 Å². The zero-order valence-corrected chi connectivity index (χ0v) is 25.2. The van der Waals surface area contributed by atoms with Crippen LogP contribution >= 0.6 is 0 Å². The van der Waals surface area contributed by atoms with E-state index in [4.69, 9.17) is 11.5 Å². The summed E-state index contributed by atoms with van der Waals surface area (Å²) in [4.78, 5) is 55.5. The summed E-state index contributed by atoms with van der Waals surface area (Å²) in [6.45, 7) is 4.12. The van der Waals surface area contributed by atoms with E-state index in [0.29, 0.717) is 31.4 Å². The van der Waals surface area contributed by atoms with Gasteiger partial charge in [-0.25, -0.2) is 4.79 Å². The van der Waals surface area contributed by atoms with Crippen LogP contribution in [-0.2, 0) is 32.0 Å². The summed E-state index contributed by atoms with van der Waals surface area (Å²) < 4.78 is 0. The third-order valence-corrected chi connectivity index (χ3v) is 7.82. The number of hydrogen-bond acceptors (Lipinski definition) is 7. The molecule has 0 fully saturated rings. The Morgan fingerprint density at radius 1 is 0.886 bits per heavy atom. The number of carboxylic acids is 1. The first kappa shape index (κ1) is 34.1. The van der Waals surface area contributed by atoms with Crippen LogP contribution in [0.1, 0.15) is 50.7 Å². The van der Waals surface area contributed by atoms with Crippen molar-refractivity contribution in [3.8, 4) is 5.75 Å². The summed E-state index contributed by atoms with van der Waals surface area (Å²) in [6, 6.07) is 9.34. The van der Waals surface area contributed by atoms with E-state index in [2.05, 4.69) is 20.9 Å². The normalized spacial score (nSPS) is 14.6. The summed E-state index contributed by atoms with van der Waals surface area (Å²) >= 11 is 0. The molecule has 10 N–H and O–H groups in total. The minimum Gasteiger partial charge on any atom is -0.508 e. The number of para-hydroxylation sites is 1. The lowest BCUT2D eigenvalue weighted by Gasteiger charge is -2.28. The monoisotopic (exact) mass is 608 g/mol. The fraction of sp³-hybridized carbons (Fsp3) is 0.438. The number of aromatic hydroxyl groups is 1. The highest BCUT2D eigenvalue weighted by Crippen LogP contribution is 2.20. The summed E-state index contributed by atoms with van der Waals surface area (Å²) in [5.74, 6) is -3.31. The maximum atomic E-state index is 13.8. The number of nitrogens with one attached hydrogen (secondary N) is 4. The van der Waals surface area contributed by atoms with Gasteiger partial charge in [0, 0.05) is 29.9 Å². The van der Waals surface area contributed by atoms with Crippen molar-refractivity contribution in [2.24, 2.45) is 17.4 Å². The highest BCUT2D eigenvalue weighted by Gasteiger charge is 2.33. The van der Waals surface area contributed by atoms with Crippen LogP contribution in [0, 0.1) is 5.92 Å². The van der Waals surface area contributed by atoms with Crippen molar-refractivity contribution in [3.63, 3.8) is 0 Å². The maximum absolute atomic E-state index is 13.8. The van der Waals surface area contributed by atoms with Crippen LogP contribution in [0.5, 0.6) is 5.75 Å². The number of hydrogen-bond donors (Lipinski definition) is 8. The molecule has 0 bridgehead atoms. The Bertz CT molecular complexity index is 1410. The molecule has 3 rings (SSSR count). The molecule has 5 atom stereocenters. The number of carbonyl (C=O) groups is 4. The van der Waals surface area contributed by atoms with Crippen LogP contribution in [0.25, 0.3) is 10.9 Å². The van der Waals surface area contributed by atoms with Crippen molar-refractivity contribution < 1.29 is 29.4 Å². The average molecular weight is 609 g/mol. The van der Waals surface area contributed by atoms with Gasteiger partial charge >= 0.3 is 5.97 Å². The molecule has 0 spiro atoms. The number of unbranched alkanes of at least 4 members (excludes halogenated alkanes) is 1. The molecule has 0 aliphatic carbocycles. The molecule has 12 heteroatoms. The number of phenolic OH excluding ortho intramolecular Hbond substituents is 1. The number of amides is 3. The van der Waals surface area contributed by atoms with Crippen molar-refractivity contribution in [1.82, 2.24) is 20.9 Å². The second-order valence-electron chi connectivity index (χ2n) is 11.2. The van der Waals surface area contributed by atoms with E-state index in [9.17, 15) is 29.4 Å². The topological polar surface area (TPSA) is 213 Å². The molecule has 2 aromatic carbocycles. The van der Waals surface area contributed by atoms with Crippen molar-refractivity contribution in [1.29, 1.82) is 0 Å². The van der Waals surface area contributed by atoms with E-state index in [0.717, 1.165) is 22.9 Å². The smallest absolute Gasteiger partial charge is 0.326 e. The predicted molar refractivity (Wildman–Crippen MR) is 168 cm³/mol. The summed E-state index contributed by atoms with van der Waals surface area (Å²) in [5.41, 5.74) is 13.9. The number of carboxylic acid groups (broad SMARTS) is 1. The van der Waals surface area contributed by atoms with E-state index in [1.807, 2.05) is 31.2 Å². The predicted octanol–water partition coefficient (Wildman–Crippen LogP) is 1.70. The van der Waals surface area contributed by atoms with Crippen LogP contribution in [0.2, 0.25) is 0 Å². The molecule has 3 amide bonds. The highest BCUT2D eigenvalue weighted by molar-refractivity contribution is 5.95. The summed E-state index contributed by atoms with van der Waals surface area (Å²) in [7, 11) is 0. The Kier molecular flexibility index (Phi) is 12.7. The van der Waals surface area contributed by atoms with Gasteiger partial charge in [-0.1, -0.05) is 57.0 Å². The van der Waals surface area contributed by atoms with Gasteiger partial charge in [-0.15, -0.1) is 0 Å². The van der Waals surface area contributed by atoms with E-state index in [1.165, 1.54) is 12.1 Å². The number of aromatic nitrogens is 1. The minimum atomic E-state index is -1.27. The van der Waals surface area contributed by atoms with Gasteiger partial charge < -0.3 is 42.6 Å². The van der Waals surface area contributed by atoms with Gasteiger partial charge in [0.15, 0.2) is 0 Å². The molecule has 5 unspecified atom stereocenters. The Morgan fingerprint density at radius 2 is 1.57 bits per heavy atom. The molecule has 0 aliphatic heterocycles. The fourth-order valence-electron chi connectivity index (χ4n) is 4.93. The first-order chi connectivity index (χ1) is 21.0. The molecule has 0 radical (unpaired) electrons. The van der Waals surface area contributed by atoms with Crippen LogP contribution in [-0.4, -0.2) is 69.6 Å². The van der Waals surface area contributed by atoms with Gasteiger partial charge in [0.1, 0.15) is 23.9 Å². The van der Waals surface area contributed by atoms with Gasteiger partial charge in [0.05, 0.1) is 6.04 Å². The quantitative estimate of drug-likeness (QED) is 0.105. The second-order valence-corrected chi connectivity index (χ2v) is 11.2. The molecule has 3 aromatic rings. The second kappa shape index (κ2) is 16.4. The highest BCUT2D eigenvalue weighted by atomic mass is 16.4. The molecule has 1 heterocycles. The Morgan fingerprint density at radius 3 is 2.23 bits per heavy atom. The lowest BCUT2D eigenvalue weighted by molar-refractivity contribution is -0.142. The molecule has 12 nitrogen and oxygen atoms in total. The molecule has 0 saturated heterocycles. The van der Waals surface area contributed by atoms with Crippen molar-refractivity contribution >= 4 is 34.6 Å². The van der Waals surface area contributed by atoms with Gasteiger partial charge in [-0.3, -0.25) is 14.4 Å². The Labute approximate surface area is 257 Å². The number of benzene rings is 2. The lowest BCUT2D eigenvalue weighted by Crippen LogP contribution is -2.59. The fourth-order valence-corrected chi connectivity index (χ4v) is 4.93. The number of carbonyl (C=O) groups excluding carboxylic acids is 3. The molecule has 0 saturated carbocycles. The largest absolute Gasteiger partial charge is 0.508 e.